The normalized spacial score (nSPS) is 10.8. The second-order valence-corrected chi connectivity index (χ2v) is 9.42. The van der Waals surface area contributed by atoms with Gasteiger partial charge in [-0.25, -0.2) is 5.43 Å². The van der Waals surface area contributed by atoms with Crippen molar-refractivity contribution >= 4 is 34.7 Å². The van der Waals surface area contributed by atoms with E-state index in [-0.39, 0.29) is 5.91 Å². The van der Waals surface area contributed by atoms with E-state index in [1.165, 1.54) is 0 Å². The van der Waals surface area contributed by atoms with E-state index in [2.05, 4.69) is 43.8 Å². The smallest absolute Gasteiger partial charge is 0.271 e. The van der Waals surface area contributed by atoms with E-state index in [1.54, 1.807) is 31.5 Å². The number of nitrogens with one attached hydrogen (secondary N) is 1. The first-order valence-corrected chi connectivity index (χ1v) is 12.6. The largest absolute Gasteiger partial charge is 0.496 e. The van der Waals surface area contributed by atoms with Crippen LogP contribution in [0.5, 0.6) is 11.5 Å². The third-order valence-corrected chi connectivity index (χ3v) is 6.77. The van der Waals surface area contributed by atoms with Gasteiger partial charge in [-0.05, 0) is 91.0 Å². The molecule has 0 atom stereocenters. The minimum absolute atomic E-state index is 0.312. The van der Waals surface area contributed by atoms with E-state index in [9.17, 15) is 10.1 Å². The molecule has 0 bridgehead atoms. The third-order valence-electron chi connectivity index (χ3n) is 5.88. The maximum absolute atomic E-state index is 12.5. The summed E-state index contributed by atoms with van der Waals surface area (Å²) in [6, 6.07) is 24.7. The Hall–Kier alpha value is -4.10. The molecule has 0 unspecified atom stereocenters. The van der Waals surface area contributed by atoms with Crippen molar-refractivity contribution in [2.24, 2.45) is 5.10 Å². The Morgan fingerprint density at radius 1 is 1.11 bits per heavy atom. The lowest BCUT2D eigenvalue weighted by molar-refractivity contribution is 0.0954. The van der Waals surface area contributed by atoms with Crippen molar-refractivity contribution in [3.63, 3.8) is 0 Å². The number of aryl methyl sites for hydroxylation is 1. The number of ether oxygens (including phenoxy) is 2. The standard InChI is InChI=1S/C29H25IN4O3/c1-19-14-24(17-32-33-29(35)21-8-13-27(30)28(15-21)36-3)20(2)34(19)25-9-11-26(12-10-25)37-18-23-7-5-4-6-22(23)16-31/h4-15,17H,18H2,1-3H3,(H,33,35)/b32-17-. The Balaban J connectivity index is 1.43. The Bertz CT molecular complexity index is 1500. The fraction of sp³-hybridized carbons (Fsp3) is 0.138. The molecule has 1 aromatic heterocycles. The average Bonchev–Trinajstić information content (AvgIpc) is 3.20. The van der Waals surface area contributed by atoms with Crippen LogP contribution in [0.3, 0.4) is 0 Å². The van der Waals surface area contributed by atoms with Crippen LogP contribution in [0.2, 0.25) is 0 Å². The van der Waals surface area contributed by atoms with Crippen molar-refractivity contribution in [2.75, 3.05) is 7.11 Å². The van der Waals surface area contributed by atoms with E-state index in [4.69, 9.17) is 9.47 Å². The lowest BCUT2D eigenvalue weighted by atomic mass is 10.1. The van der Waals surface area contributed by atoms with E-state index in [0.717, 1.165) is 37.5 Å². The number of hydrazone groups is 1. The zero-order chi connectivity index (χ0) is 26.4. The van der Waals surface area contributed by atoms with Crippen LogP contribution in [0.1, 0.15) is 38.4 Å². The van der Waals surface area contributed by atoms with Crippen LogP contribution in [0.15, 0.2) is 77.9 Å². The van der Waals surface area contributed by atoms with Gasteiger partial charge in [0, 0.05) is 33.8 Å². The molecule has 0 aliphatic heterocycles. The highest BCUT2D eigenvalue weighted by Crippen LogP contribution is 2.24. The number of hydrogen-bond donors (Lipinski definition) is 1. The van der Waals surface area contributed by atoms with Gasteiger partial charge in [0.05, 0.1) is 28.5 Å². The van der Waals surface area contributed by atoms with Crippen LogP contribution in [-0.2, 0) is 6.61 Å². The number of nitriles is 1. The molecule has 3 aromatic carbocycles. The van der Waals surface area contributed by atoms with Crippen molar-refractivity contribution in [1.82, 2.24) is 9.99 Å². The molecule has 0 fully saturated rings. The van der Waals surface area contributed by atoms with Crippen LogP contribution in [-0.4, -0.2) is 23.8 Å². The van der Waals surface area contributed by atoms with Gasteiger partial charge in [0.25, 0.3) is 5.91 Å². The van der Waals surface area contributed by atoms with Crippen LogP contribution in [0.25, 0.3) is 5.69 Å². The Kier molecular flexibility index (Phi) is 8.25. The predicted molar refractivity (Wildman–Crippen MR) is 152 cm³/mol. The van der Waals surface area contributed by atoms with Crippen molar-refractivity contribution in [2.45, 2.75) is 20.5 Å². The molecular weight excluding hydrogens is 579 g/mol. The second kappa shape index (κ2) is 11.8. The highest BCUT2D eigenvalue weighted by Gasteiger charge is 2.11. The molecule has 186 valence electrons. The second-order valence-electron chi connectivity index (χ2n) is 8.26. The van der Waals surface area contributed by atoms with E-state index in [0.29, 0.717) is 23.5 Å². The van der Waals surface area contributed by atoms with Crippen LogP contribution in [0.4, 0.5) is 0 Å². The Morgan fingerprint density at radius 2 is 1.86 bits per heavy atom. The fourth-order valence-corrected chi connectivity index (χ4v) is 4.51. The molecule has 0 saturated heterocycles. The first-order valence-electron chi connectivity index (χ1n) is 11.5. The Labute approximate surface area is 229 Å². The minimum atomic E-state index is -0.312. The number of carbonyl (C=O) groups excluding carboxylic acids is 1. The van der Waals surface area contributed by atoms with Crippen LogP contribution in [0, 0.1) is 28.7 Å². The summed E-state index contributed by atoms with van der Waals surface area (Å²) in [6.45, 7) is 4.35. The molecule has 0 radical (unpaired) electrons. The summed E-state index contributed by atoms with van der Waals surface area (Å²) in [5.74, 6) is 1.05. The van der Waals surface area contributed by atoms with Gasteiger partial charge in [0.2, 0.25) is 0 Å². The molecule has 1 heterocycles. The lowest BCUT2D eigenvalue weighted by Crippen LogP contribution is -2.17. The monoisotopic (exact) mass is 604 g/mol. The number of benzene rings is 3. The summed E-state index contributed by atoms with van der Waals surface area (Å²) in [5, 5.41) is 13.4. The number of aromatic nitrogens is 1. The first-order chi connectivity index (χ1) is 17.9. The summed E-state index contributed by atoms with van der Waals surface area (Å²) in [4.78, 5) is 12.5. The van der Waals surface area contributed by atoms with Crippen LogP contribution < -0.4 is 14.9 Å². The molecule has 0 spiro atoms. The molecule has 7 nitrogen and oxygen atoms in total. The van der Waals surface area contributed by atoms with E-state index >= 15 is 0 Å². The molecular formula is C29H25IN4O3. The molecule has 1 amide bonds. The first kappa shape index (κ1) is 26.0. The number of hydrogen-bond acceptors (Lipinski definition) is 5. The Morgan fingerprint density at radius 3 is 2.59 bits per heavy atom. The van der Waals surface area contributed by atoms with Crippen molar-refractivity contribution in [3.8, 4) is 23.3 Å². The molecule has 4 aromatic rings. The van der Waals surface area contributed by atoms with Crippen LogP contribution >= 0.6 is 22.6 Å². The lowest BCUT2D eigenvalue weighted by Gasteiger charge is -2.12. The average molecular weight is 604 g/mol. The van der Waals surface area contributed by atoms with Gasteiger partial charge in [-0.3, -0.25) is 4.79 Å². The van der Waals surface area contributed by atoms with Crippen molar-refractivity contribution in [3.05, 3.63) is 110 Å². The molecule has 1 N–H and O–H groups in total. The number of methoxy groups -OCH3 is 1. The minimum Gasteiger partial charge on any atom is -0.496 e. The third kappa shape index (κ3) is 6.01. The van der Waals surface area contributed by atoms with E-state index < -0.39 is 0 Å². The van der Waals surface area contributed by atoms with Gasteiger partial charge < -0.3 is 14.0 Å². The van der Waals surface area contributed by atoms with Crippen molar-refractivity contribution < 1.29 is 14.3 Å². The molecule has 8 heteroatoms. The summed E-state index contributed by atoms with van der Waals surface area (Å²) < 4.78 is 14.2. The van der Waals surface area contributed by atoms with Gasteiger partial charge in [-0.1, -0.05) is 18.2 Å². The molecule has 4 rings (SSSR count). The maximum Gasteiger partial charge on any atom is 0.271 e. The zero-order valence-corrected chi connectivity index (χ0v) is 22.8. The molecule has 0 aliphatic carbocycles. The molecule has 0 aliphatic rings. The van der Waals surface area contributed by atoms with E-state index in [1.807, 2.05) is 68.4 Å². The number of rotatable bonds is 8. The summed E-state index contributed by atoms with van der Waals surface area (Å²) in [7, 11) is 1.57. The fourth-order valence-electron chi connectivity index (χ4n) is 3.95. The maximum atomic E-state index is 12.5. The van der Waals surface area contributed by atoms with Gasteiger partial charge in [0.15, 0.2) is 0 Å². The highest BCUT2D eigenvalue weighted by atomic mass is 127. The van der Waals surface area contributed by atoms with Gasteiger partial charge >= 0.3 is 0 Å². The predicted octanol–water partition coefficient (Wildman–Crippen LogP) is 5.92. The summed E-state index contributed by atoms with van der Waals surface area (Å²) in [6.07, 6.45) is 1.64. The molecule has 37 heavy (non-hydrogen) atoms. The summed E-state index contributed by atoms with van der Waals surface area (Å²) >= 11 is 2.15. The van der Waals surface area contributed by atoms with Gasteiger partial charge in [0.1, 0.15) is 18.1 Å². The zero-order valence-electron chi connectivity index (χ0n) is 20.7. The number of carbonyl (C=O) groups is 1. The number of halogens is 1. The summed E-state index contributed by atoms with van der Waals surface area (Å²) in [5.41, 5.74) is 8.41. The van der Waals surface area contributed by atoms with Gasteiger partial charge in [-0.15, -0.1) is 0 Å². The molecule has 0 saturated carbocycles. The quantitative estimate of drug-likeness (QED) is 0.154. The number of nitrogens with zero attached hydrogens (tertiary/aromatic N) is 3. The van der Waals surface area contributed by atoms with Crippen molar-refractivity contribution in [1.29, 1.82) is 5.26 Å². The highest BCUT2D eigenvalue weighted by molar-refractivity contribution is 14.1. The number of amides is 1. The topological polar surface area (TPSA) is 88.6 Å². The van der Waals surface area contributed by atoms with Gasteiger partial charge in [-0.2, -0.15) is 10.4 Å². The SMILES string of the molecule is COc1cc(C(=O)N/N=C\c2cc(C)n(-c3ccc(OCc4ccccc4C#N)cc3)c2C)ccc1I.